The van der Waals surface area contributed by atoms with Crippen molar-refractivity contribution in [2.45, 2.75) is 31.7 Å². The lowest BCUT2D eigenvalue weighted by atomic mass is 10.0. The van der Waals surface area contributed by atoms with Gasteiger partial charge in [0.2, 0.25) is 0 Å². The molecule has 2 aromatic carbocycles. The van der Waals surface area contributed by atoms with Crippen LogP contribution in [0.15, 0.2) is 53.3 Å². The summed E-state index contributed by atoms with van der Waals surface area (Å²) in [5.41, 5.74) is 2.38. The van der Waals surface area contributed by atoms with Crippen LogP contribution in [-0.2, 0) is 0 Å². The second kappa shape index (κ2) is 9.37. The number of aromatic amines is 1. The highest BCUT2D eigenvalue weighted by Gasteiger charge is 2.23. The zero-order valence-corrected chi connectivity index (χ0v) is 17.0. The Morgan fingerprint density at radius 3 is 2.48 bits per heavy atom. The molecule has 3 aromatic rings. The summed E-state index contributed by atoms with van der Waals surface area (Å²) in [7, 11) is 0. The average Bonchev–Trinajstić information content (AvgIpc) is 3.05. The summed E-state index contributed by atoms with van der Waals surface area (Å²) in [5, 5.41) is 0. The third kappa shape index (κ3) is 4.77. The molecule has 0 saturated carbocycles. The van der Waals surface area contributed by atoms with Gasteiger partial charge < -0.3 is 9.88 Å². The molecule has 7 heteroatoms. The van der Waals surface area contributed by atoms with Crippen LogP contribution in [0.25, 0.3) is 11.0 Å². The van der Waals surface area contributed by atoms with Crippen molar-refractivity contribution >= 4 is 29.2 Å². The number of carbonyl (C=O) groups excluding carboxylic acids is 1. The maximum atomic E-state index is 12.9. The van der Waals surface area contributed by atoms with Crippen LogP contribution < -0.4 is 5.69 Å². The molecule has 0 spiro atoms. The maximum absolute atomic E-state index is 12.9. The standard InChI is InChI=1S/C22H24FN3O2.ClH/c23-17-9-7-16(8-10-17)21(27)6-3-13-25-14-11-18(12-15-25)26-20-5-2-1-4-19(20)24-22(26)28;/h1-2,4-5,7-10,18H,3,6,11-15H2,(H,24,28);1H. The smallest absolute Gasteiger partial charge is 0.306 e. The normalized spacial score (nSPS) is 15.3. The number of hydrogen-bond donors (Lipinski definition) is 1. The third-order valence-corrected chi connectivity index (χ3v) is 5.59. The van der Waals surface area contributed by atoms with Crippen molar-refractivity contribution in [2.24, 2.45) is 0 Å². The van der Waals surface area contributed by atoms with Gasteiger partial charge in [-0.2, -0.15) is 0 Å². The summed E-state index contributed by atoms with van der Waals surface area (Å²) in [6.07, 6.45) is 3.10. The van der Waals surface area contributed by atoms with Crippen molar-refractivity contribution in [3.63, 3.8) is 0 Å². The van der Waals surface area contributed by atoms with Crippen LogP contribution in [-0.4, -0.2) is 39.9 Å². The zero-order chi connectivity index (χ0) is 19.5. The van der Waals surface area contributed by atoms with Gasteiger partial charge in [0.25, 0.3) is 0 Å². The number of hydrogen-bond acceptors (Lipinski definition) is 3. The number of imidazole rings is 1. The fourth-order valence-corrected chi connectivity index (χ4v) is 4.08. The maximum Gasteiger partial charge on any atom is 0.326 e. The molecular weight excluding hydrogens is 393 g/mol. The number of Topliss-reactive ketones (excluding diaryl/α,β-unsaturated/α-hetero) is 1. The Morgan fingerprint density at radius 2 is 1.76 bits per heavy atom. The van der Waals surface area contributed by atoms with E-state index in [1.54, 1.807) is 12.1 Å². The van der Waals surface area contributed by atoms with Gasteiger partial charge in [-0.1, -0.05) is 12.1 Å². The lowest BCUT2D eigenvalue weighted by molar-refractivity contribution is 0.0970. The number of halogens is 2. The van der Waals surface area contributed by atoms with Crippen molar-refractivity contribution in [1.29, 1.82) is 0 Å². The van der Waals surface area contributed by atoms with E-state index in [0.29, 0.717) is 12.0 Å². The van der Waals surface area contributed by atoms with Crippen molar-refractivity contribution in [3.8, 4) is 0 Å². The number of rotatable bonds is 6. The summed E-state index contributed by atoms with van der Waals surface area (Å²) in [6, 6.07) is 13.7. The molecule has 4 rings (SSSR count). The highest BCUT2D eigenvalue weighted by molar-refractivity contribution is 5.95. The molecule has 0 unspecified atom stereocenters. The fraction of sp³-hybridized carbons (Fsp3) is 0.364. The first-order valence-corrected chi connectivity index (χ1v) is 9.82. The molecule has 0 radical (unpaired) electrons. The van der Waals surface area contributed by atoms with E-state index < -0.39 is 0 Å². The lowest BCUT2D eigenvalue weighted by Crippen LogP contribution is -2.37. The lowest BCUT2D eigenvalue weighted by Gasteiger charge is -2.32. The monoisotopic (exact) mass is 417 g/mol. The van der Waals surface area contributed by atoms with E-state index in [0.717, 1.165) is 49.9 Å². The number of nitrogens with zero attached hydrogens (tertiary/aromatic N) is 2. The molecule has 0 atom stereocenters. The second-order valence-corrected chi connectivity index (χ2v) is 7.42. The highest BCUT2D eigenvalue weighted by atomic mass is 35.5. The quantitative estimate of drug-likeness (QED) is 0.612. The number of H-pyrrole nitrogens is 1. The number of aromatic nitrogens is 2. The molecule has 29 heavy (non-hydrogen) atoms. The van der Waals surface area contributed by atoms with Crippen LogP contribution in [0.4, 0.5) is 4.39 Å². The Morgan fingerprint density at radius 1 is 1.07 bits per heavy atom. The van der Waals surface area contributed by atoms with Gasteiger partial charge in [-0.05, 0) is 62.2 Å². The molecule has 1 aliphatic heterocycles. The Hall–Kier alpha value is -2.44. The molecule has 5 nitrogen and oxygen atoms in total. The summed E-state index contributed by atoms with van der Waals surface area (Å²) < 4.78 is 14.8. The van der Waals surface area contributed by atoms with Crippen LogP contribution in [0.3, 0.4) is 0 Å². The Balaban J connectivity index is 0.00000240. The fourth-order valence-electron chi connectivity index (χ4n) is 4.08. The summed E-state index contributed by atoms with van der Waals surface area (Å²) in [5.74, 6) is -0.269. The van der Waals surface area contributed by atoms with Crippen LogP contribution >= 0.6 is 12.4 Å². The third-order valence-electron chi connectivity index (χ3n) is 5.59. The van der Waals surface area contributed by atoms with E-state index in [4.69, 9.17) is 0 Å². The number of para-hydroxylation sites is 2. The van der Waals surface area contributed by atoms with E-state index in [1.807, 2.05) is 28.8 Å². The Bertz CT molecular complexity index is 1020. The van der Waals surface area contributed by atoms with Gasteiger partial charge >= 0.3 is 5.69 Å². The van der Waals surface area contributed by atoms with E-state index in [-0.39, 0.29) is 35.7 Å². The van der Waals surface area contributed by atoms with Gasteiger partial charge in [-0.15, -0.1) is 12.4 Å². The topological polar surface area (TPSA) is 58.1 Å². The SMILES string of the molecule is Cl.O=C(CCCN1CCC(n2c(=O)[nH]c3ccccc32)CC1)c1ccc(F)cc1. The molecule has 0 amide bonds. The van der Waals surface area contributed by atoms with Crippen LogP contribution in [0.2, 0.25) is 0 Å². The van der Waals surface area contributed by atoms with Crippen molar-refractivity contribution in [2.75, 3.05) is 19.6 Å². The molecule has 0 aliphatic carbocycles. The molecule has 1 saturated heterocycles. The minimum absolute atomic E-state index is 0. The van der Waals surface area contributed by atoms with E-state index >= 15 is 0 Å². The zero-order valence-electron chi connectivity index (χ0n) is 16.1. The van der Waals surface area contributed by atoms with E-state index in [2.05, 4.69) is 9.88 Å². The summed E-state index contributed by atoms with van der Waals surface area (Å²) >= 11 is 0. The van der Waals surface area contributed by atoms with E-state index in [1.165, 1.54) is 12.1 Å². The predicted molar refractivity (Wildman–Crippen MR) is 114 cm³/mol. The minimum Gasteiger partial charge on any atom is -0.306 e. The number of carbonyl (C=O) groups is 1. The largest absolute Gasteiger partial charge is 0.326 e. The van der Waals surface area contributed by atoms with Gasteiger partial charge in [0.05, 0.1) is 11.0 Å². The molecule has 154 valence electrons. The summed E-state index contributed by atoms with van der Waals surface area (Å²) in [6.45, 7) is 2.70. The number of benzene rings is 2. The number of ketones is 1. The highest BCUT2D eigenvalue weighted by Crippen LogP contribution is 2.25. The van der Waals surface area contributed by atoms with Crippen molar-refractivity contribution in [1.82, 2.24) is 14.5 Å². The first-order chi connectivity index (χ1) is 13.6. The second-order valence-electron chi connectivity index (χ2n) is 7.42. The van der Waals surface area contributed by atoms with Gasteiger partial charge in [0, 0.05) is 31.1 Å². The van der Waals surface area contributed by atoms with E-state index in [9.17, 15) is 14.0 Å². The number of nitrogens with one attached hydrogen (secondary N) is 1. The molecular formula is C22H25ClFN3O2. The molecule has 1 N–H and O–H groups in total. The average molecular weight is 418 g/mol. The van der Waals surface area contributed by atoms with Gasteiger partial charge in [-0.3, -0.25) is 9.36 Å². The molecule has 1 fully saturated rings. The van der Waals surface area contributed by atoms with Gasteiger partial charge in [-0.25, -0.2) is 9.18 Å². The Labute approximate surface area is 174 Å². The number of likely N-dealkylation sites (tertiary alicyclic amines) is 1. The minimum atomic E-state index is -0.325. The summed E-state index contributed by atoms with van der Waals surface area (Å²) in [4.78, 5) is 29.8. The van der Waals surface area contributed by atoms with Crippen molar-refractivity contribution < 1.29 is 9.18 Å². The van der Waals surface area contributed by atoms with Crippen LogP contribution in [0.1, 0.15) is 42.1 Å². The first-order valence-electron chi connectivity index (χ1n) is 9.82. The predicted octanol–water partition coefficient (Wildman–Crippen LogP) is 4.19. The first kappa shape index (κ1) is 21.3. The van der Waals surface area contributed by atoms with Gasteiger partial charge in [0.1, 0.15) is 5.82 Å². The molecule has 1 aliphatic rings. The molecule has 2 heterocycles. The number of fused-ring (bicyclic) bond motifs is 1. The van der Waals surface area contributed by atoms with Crippen LogP contribution in [0.5, 0.6) is 0 Å². The molecule has 0 bridgehead atoms. The number of piperidine rings is 1. The Kier molecular flexibility index (Phi) is 6.87. The molecule has 1 aromatic heterocycles. The van der Waals surface area contributed by atoms with Crippen LogP contribution in [0, 0.1) is 5.82 Å². The van der Waals surface area contributed by atoms with Crippen molar-refractivity contribution in [3.05, 3.63) is 70.4 Å². The van der Waals surface area contributed by atoms with Gasteiger partial charge in [0.15, 0.2) is 5.78 Å².